The van der Waals surface area contributed by atoms with Gasteiger partial charge in [-0.05, 0) is 66.3 Å². The number of nitrogens with one attached hydrogen (secondary N) is 2. The van der Waals surface area contributed by atoms with Crippen LogP contribution in [0, 0.1) is 0 Å². The molecule has 0 aliphatic rings. The van der Waals surface area contributed by atoms with Crippen molar-refractivity contribution in [1.82, 2.24) is 20.4 Å². The van der Waals surface area contributed by atoms with E-state index in [4.69, 9.17) is 4.99 Å². The summed E-state index contributed by atoms with van der Waals surface area (Å²) < 4.78 is 0. The molecule has 0 radical (unpaired) electrons. The Labute approximate surface area is 174 Å². The van der Waals surface area contributed by atoms with Crippen LogP contribution in [0.3, 0.4) is 0 Å². The summed E-state index contributed by atoms with van der Waals surface area (Å²) in [5.41, 5.74) is 0. The molecular formula is C19H44IN5. The predicted octanol–water partition coefficient (Wildman–Crippen LogP) is 3.40. The Balaban J connectivity index is 0. The molecule has 0 heterocycles. The molecule has 0 aliphatic heterocycles. The van der Waals surface area contributed by atoms with E-state index in [2.05, 4.69) is 68.9 Å². The van der Waals surface area contributed by atoms with Crippen LogP contribution in [0.1, 0.15) is 61.3 Å². The van der Waals surface area contributed by atoms with Crippen LogP contribution in [-0.2, 0) is 0 Å². The Morgan fingerprint density at radius 2 is 1.56 bits per heavy atom. The molecule has 2 unspecified atom stereocenters. The average Bonchev–Trinajstić information content (AvgIpc) is 2.58. The van der Waals surface area contributed by atoms with Gasteiger partial charge >= 0.3 is 0 Å². The molecule has 0 amide bonds. The Bertz CT molecular complexity index is 317. The van der Waals surface area contributed by atoms with Gasteiger partial charge in [-0.3, -0.25) is 9.89 Å². The van der Waals surface area contributed by atoms with Gasteiger partial charge in [0.1, 0.15) is 0 Å². The molecule has 0 rings (SSSR count). The van der Waals surface area contributed by atoms with E-state index >= 15 is 0 Å². The van der Waals surface area contributed by atoms with Crippen molar-refractivity contribution >= 4 is 29.9 Å². The lowest BCUT2D eigenvalue weighted by atomic mass is 10.2. The molecule has 0 aromatic heterocycles. The molecule has 2 N–H and O–H groups in total. The van der Waals surface area contributed by atoms with Gasteiger partial charge in [-0.25, -0.2) is 0 Å². The summed E-state index contributed by atoms with van der Waals surface area (Å²) >= 11 is 0. The van der Waals surface area contributed by atoms with Crippen LogP contribution in [0.25, 0.3) is 0 Å². The maximum absolute atomic E-state index is 4.79. The quantitative estimate of drug-likeness (QED) is 0.247. The van der Waals surface area contributed by atoms with E-state index in [9.17, 15) is 0 Å². The van der Waals surface area contributed by atoms with Crippen molar-refractivity contribution in [3.63, 3.8) is 0 Å². The second-order valence-corrected chi connectivity index (χ2v) is 6.50. The molecule has 2 atom stereocenters. The second-order valence-electron chi connectivity index (χ2n) is 6.50. The fraction of sp³-hybridized carbons (Fsp3) is 0.947. The maximum atomic E-state index is 4.79. The molecule has 5 nitrogen and oxygen atoms in total. The Morgan fingerprint density at radius 1 is 0.960 bits per heavy atom. The van der Waals surface area contributed by atoms with E-state index in [1.807, 2.05) is 0 Å². The summed E-state index contributed by atoms with van der Waals surface area (Å²) in [6, 6.07) is 0.926. The third-order valence-electron chi connectivity index (χ3n) is 4.68. The van der Waals surface area contributed by atoms with Crippen LogP contribution in [0.15, 0.2) is 4.99 Å². The van der Waals surface area contributed by atoms with Crippen LogP contribution < -0.4 is 10.6 Å². The van der Waals surface area contributed by atoms with E-state index in [-0.39, 0.29) is 24.0 Å². The molecule has 0 saturated carbocycles. The average molecular weight is 470 g/mol. The highest BCUT2D eigenvalue weighted by Crippen LogP contribution is 2.01. The predicted molar refractivity (Wildman–Crippen MR) is 123 cm³/mol. The number of hydrogen-bond acceptors (Lipinski definition) is 3. The lowest BCUT2D eigenvalue weighted by molar-refractivity contribution is 0.237. The Kier molecular flexibility index (Phi) is 18.8. The Morgan fingerprint density at radius 3 is 2.04 bits per heavy atom. The van der Waals surface area contributed by atoms with Crippen molar-refractivity contribution in [2.75, 3.05) is 45.8 Å². The van der Waals surface area contributed by atoms with Crippen LogP contribution in [0.5, 0.6) is 0 Å². The van der Waals surface area contributed by atoms with Crippen molar-refractivity contribution in [3.05, 3.63) is 0 Å². The number of likely N-dealkylation sites (N-methyl/N-ethyl adjacent to an activating group) is 1. The summed E-state index contributed by atoms with van der Waals surface area (Å²) in [5.74, 6) is 0.951. The topological polar surface area (TPSA) is 42.9 Å². The van der Waals surface area contributed by atoms with E-state index in [0.717, 1.165) is 45.2 Å². The van der Waals surface area contributed by atoms with E-state index < -0.39 is 0 Å². The number of aliphatic imine (C=N–C) groups is 1. The summed E-state index contributed by atoms with van der Waals surface area (Å²) in [7, 11) is 0. The monoisotopic (exact) mass is 469 g/mol. The zero-order valence-electron chi connectivity index (χ0n) is 17.8. The van der Waals surface area contributed by atoms with Gasteiger partial charge in [0, 0.05) is 18.6 Å². The first-order valence-electron chi connectivity index (χ1n) is 10.0. The van der Waals surface area contributed by atoms with Crippen molar-refractivity contribution in [2.24, 2.45) is 4.99 Å². The maximum Gasteiger partial charge on any atom is 0.191 e. The first kappa shape index (κ1) is 27.1. The van der Waals surface area contributed by atoms with Gasteiger partial charge in [-0.15, -0.1) is 24.0 Å². The molecule has 0 aromatic carbocycles. The highest BCUT2D eigenvalue weighted by molar-refractivity contribution is 14.0. The number of halogens is 1. The van der Waals surface area contributed by atoms with E-state index in [1.165, 1.54) is 19.4 Å². The van der Waals surface area contributed by atoms with Gasteiger partial charge in [-0.1, -0.05) is 27.7 Å². The van der Waals surface area contributed by atoms with Gasteiger partial charge in [0.15, 0.2) is 5.96 Å². The van der Waals surface area contributed by atoms with E-state index in [0.29, 0.717) is 12.1 Å². The summed E-state index contributed by atoms with van der Waals surface area (Å²) in [6.45, 7) is 22.9. The number of guanidine groups is 1. The van der Waals surface area contributed by atoms with Crippen LogP contribution in [0.4, 0.5) is 0 Å². The standard InChI is InChI=1S/C19H43N5.HI/c1-8-20-19(21-16-18(7)24(11-4)12-5)22-17(6)14-13-15-23(9-2)10-3;/h17-18H,8-16H2,1-7H3,(H2,20,21,22);1H. The smallest absolute Gasteiger partial charge is 0.191 e. The molecule has 0 aliphatic carbocycles. The van der Waals surface area contributed by atoms with Crippen molar-refractivity contribution in [2.45, 2.75) is 73.4 Å². The van der Waals surface area contributed by atoms with Crippen LogP contribution in [-0.4, -0.2) is 73.7 Å². The largest absolute Gasteiger partial charge is 0.357 e. The molecule has 25 heavy (non-hydrogen) atoms. The molecule has 6 heteroatoms. The van der Waals surface area contributed by atoms with Crippen molar-refractivity contribution in [1.29, 1.82) is 0 Å². The number of hydrogen-bond donors (Lipinski definition) is 2. The van der Waals surface area contributed by atoms with Gasteiger partial charge in [-0.2, -0.15) is 0 Å². The van der Waals surface area contributed by atoms with Crippen molar-refractivity contribution in [3.8, 4) is 0 Å². The minimum Gasteiger partial charge on any atom is -0.357 e. The molecule has 0 spiro atoms. The molecule has 0 saturated heterocycles. The summed E-state index contributed by atoms with van der Waals surface area (Å²) in [4.78, 5) is 9.72. The first-order valence-corrected chi connectivity index (χ1v) is 10.0. The highest BCUT2D eigenvalue weighted by Gasteiger charge is 2.11. The van der Waals surface area contributed by atoms with E-state index in [1.54, 1.807) is 0 Å². The van der Waals surface area contributed by atoms with Crippen LogP contribution >= 0.6 is 24.0 Å². The van der Waals surface area contributed by atoms with Gasteiger partial charge < -0.3 is 15.5 Å². The highest BCUT2D eigenvalue weighted by atomic mass is 127. The lowest BCUT2D eigenvalue weighted by Crippen LogP contribution is -2.43. The summed E-state index contributed by atoms with van der Waals surface area (Å²) in [5, 5.41) is 6.94. The minimum atomic E-state index is 0. The Hall–Kier alpha value is -0.0800. The third-order valence-corrected chi connectivity index (χ3v) is 4.68. The van der Waals surface area contributed by atoms with Crippen molar-refractivity contribution < 1.29 is 0 Å². The normalized spacial score (nSPS) is 14.4. The zero-order valence-corrected chi connectivity index (χ0v) is 20.1. The number of nitrogens with zero attached hydrogens (tertiary/aromatic N) is 3. The molecule has 0 bridgehead atoms. The first-order chi connectivity index (χ1) is 11.5. The minimum absolute atomic E-state index is 0. The van der Waals surface area contributed by atoms with Gasteiger partial charge in [0.05, 0.1) is 6.54 Å². The van der Waals surface area contributed by atoms with Gasteiger partial charge in [0.25, 0.3) is 0 Å². The van der Waals surface area contributed by atoms with Gasteiger partial charge in [0.2, 0.25) is 0 Å². The fourth-order valence-electron chi connectivity index (χ4n) is 2.97. The fourth-order valence-corrected chi connectivity index (χ4v) is 2.97. The third kappa shape index (κ3) is 12.8. The summed E-state index contributed by atoms with van der Waals surface area (Å²) in [6.07, 6.45) is 2.40. The second kappa shape index (κ2) is 17.3. The molecule has 152 valence electrons. The molecule has 0 fully saturated rings. The number of rotatable bonds is 13. The molecule has 0 aromatic rings. The lowest BCUT2D eigenvalue weighted by Gasteiger charge is -2.25. The van der Waals surface area contributed by atoms with Crippen LogP contribution in [0.2, 0.25) is 0 Å². The zero-order chi connectivity index (χ0) is 18.4. The SMILES string of the molecule is CCNC(=NCC(C)N(CC)CC)NC(C)CCCN(CC)CC.I. The molecular weight excluding hydrogens is 425 g/mol.